The predicted molar refractivity (Wildman–Crippen MR) is 197 cm³/mol. The number of benzene rings is 3. The van der Waals surface area contributed by atoms with Crippen LogP contribution in [-0.4, -0.2) is 75.1 Å². The van der Waals surface area contributed by atoms with Crippen LogP contribution in [-0.2, 0) is 17.9 Å². The summed E-state index contributed by atoms with van der Waals surface area (Å²) >= 11 is 0. The lowest BCUT2D eigenvalue weighted by atomic mass is 9.95. The quantitative estimate of drug-likeness (QED) is 0.137. The number of nitrogens with zero attached hydrogens (tertiary/aromatic N) is 5. The standard InChI is InChI=1S/C39H47N7O5/c1-3-41-39(40)44-21-19-32(20-22-44)51-31-16-14-30(15-17-31)45(37(48)27-10-12-28(13-11-27)38(49)50)24-35-43-33-23-26(2)9-18-34(33)46(35)25-36(47)42-29-7-5-4-6-8-29/h9-18,23,29,32H,3-8,19-22,24-25H2,1-2H3,(H2,40,41)(H,42,47)(H,49,50). The number of piperidine rings is 1. The molecule has 2 amide bonds. The molecule has 4 N–H and O–H groups in total. The normalized spacial score (nSPS) is 15.9. The maximum atomic E-state index is 14.2. The van der Waals surface area contributed by atoms with E-state index in [1.54, 1.807) is 4.90 Å². The molecule has 0 spiro atoms. The smallest absolute Gasteiger partial charge is 0.335 e. The van der Waals surface area contributed by atoms with Crippen LogP contribution in [0.25, 0.3) is 11.0 Å². The number of carbonyl (C=O) groups excluding carboxylic acids is 2. The molecule has 0 bridgehead atoms. The molecule has 0 unspecified atom stereocenters. The maximum Gasteiger partial charge on any atom is 0.335 e. The number of fused-ring (bicyclic) bond motifs is 1. The first-order valence-electron chi connectivity index (χ1n) is 17.9. The van der Waals surface area contributed by atoms with Crippen molar-refractivity contribution in [3.63, 3.8) is 0 Å². The minimum Gasteiger partial charge on any atom is -0.490 e. The molecule has 2 heterocycles. The van der Waals surface area contributed by atoms with Crippen LogP contribution in [0, 0.1) is 6.92 Å². The van der Waals surface area contributed by atoms with E-state index in [4.69, 9.17) is 15.5 Å². The minimum absolute atomic E-state index is 0.0233. The number of likely N-dealkylation sites (tertiary alicyclic amines) is 1. The molecular weight excluding hydrogens is 646 g/mol. The summed E-state index contributed by atoms with van der Waals surface area (Å²) in [6.07, 6.45) is 7.02. The Bertz CT molecular complexity index is 1870. The molecule has 4 aromatic rings. The second-order valence-corrected chi connectivity index (χ2v) is 13.4. The van der Waals surface area contributed by atoms with Crippen molar-refractivity contribution in [3.05, 3.63) is 89.2 Å². The Morgan fingerprint density at radius 2 is 1.65 bits per heavy atom. The van der Waals surface area contributed by atoms with Gasteiger partial charge in [0.15, 0.2) is 5.96 Å². The Labute approximate surface area is 298 Å². The van der Waals surface area contributed by atoms with Gasteiger partial charge in [-0.05, 0) is 92.9 Å². The number of nitrogens with two attached hydrogens (primary N) is 1. The largest absolute Gasteiger partial charge is 0.490 e. The van der Waals surface area contributed by atoms with Gasteiger partial charge in [0.1, 0.15) is 24.2 Å². The van der Waals surface area contributed by atoms with Gasteiger partial charge in [-0.2, -0.15) is 0 Å². The van der Waals surface area contributed by atoms with E-state index < -0.39 is 5.97 Å². The third kappa shape index (κ3) is 8.68. The van der Waals surface area contributed by atoms with E-state index in [1.807, 2.05) is 60.9 Å². The number of rotatable bonds is 11. The van der Waals surface area contributed by atoms with Gasteiger partial charge in [0.25, 0.3) is 5.91 Å². The van der Waals surface area contributed by atoms with E-state index in [9.17, 15) is 19.5 Å². The van der Waals surface area contributed by atoms with Gasteiger partial charge in [0.2, 0.25) is 5.91 Å². The highest BCUT2D eigenvalue weighted by molar-refractivity contribution is 6.06. The number of hydrogen-bond donors (Lipinski definition) is 3. The van der Waals surface area contributed by atoms with Crippen molar-refractivity contribution in [2.75, 3.05) is 24.5 Å². The van der Waals surface area contributed by atoms with Crippen LogP contribution in [0.1, 0.15) is 84.0 Å². The molecule has 1 aliphatic heterocycles. The Hall–Kier alpha value is -5.39. The SMILES string of the molecule is CCN=C(N)N1CCC(Oc2ccc(N(Cc3nc4cc(C)ccc4n3CC(=O)NC3CCCCC3)C(=O)c3ccc(C(=O)O)cc3)cc2)CC1. The van der Waals surface area contributed by atoms with Gasteiger partial charge < -0.3 is 35.3 Å². The Morgan fingerprint density at radius 3 is 2.31 bits per heavy atom. The molecular formula is C39H47N7O5. The van der Waals surface area contributed by atoms with Crippen LogP contribution in [0.5, 0.6) is 5.75 Å². The van der Waals surface area contributed by atoms with Crippen molar-refractivity contribution in [3.8, 4) is 5.75 Å². The number of amides is 2. The third-order valence-corrected chi connectivity index (χ3v) is 9.72. The number of aliphatic imine (C=N–C) groups is 1. The van der Waals surface area contributed by atoms with E-state index in [2.05, 4.69) is 15.2 Å². The zero-order chi connectivity index (χ0) is 35.9. The molecule has 0 radical (unpaired) electrons. The van der Waals surface area contributed by atoms with Crippen molar-refractivity contribution < 1.29 is 24.2 Å². The zero-order valence-corrected chi connectivity index (χ0v) is 29.4. The topological polar surface area (TPSA) is 155 Å². The summed E-state index contributed by atoms with van der Waals surface area (Å²) in [6.45, 7) is 6.28. The van der Waals surface area contributed by atoms with Crippen LogP contribution >= 0.6 is 0 Å². The van der Waals surface area contributed by atoms with Crippen molar-refractivity contribution in [1.82, 2.24) is 19.8 Å². The van der Waals surface area contributed by atoms with Gasteiger partial charge >= 0.3 is 5.97 Å². The van der Waals surface area contributed by atoms with Crippen LogP contribution in [0.3, 0.4) is 0 Å². The lowest BCUT2D eigenvalue weighted by molar-refractivity contribution is -0.122. The number of anilines is 1. The molecule has 268 valence electrons. The number of aromatic nitrogens is 2. The van der Waals surface area contributed by atoms with E-state index >= 15 is 0 Å². The fraction of sp³-hybridized carbons (Fsp3) is 0.410. The number of aromatic carboxylic acids is 1. The minimum atomic E-state index is -1.07. The second kappa shape index (κ2) is 16.1. The molecule has 1 saturated carbocycles. The highest BCUT2D eigenvalue weighted by Crippen LogP contribution is 2.27. The highest BCUT2D eigenvalue weighted by Gasteiger charge is 2.25. The molecule has 2 aliphatic rings. The van der Waals surface area contributed by atoms with Crippen molar-refractivity contribution in [1.29, 1.82) is 0 Å². The number of carbonyl (C=O) groups is 3. The summed E-state index contributed by atoms with van der Waals surface area (Å²) in [5.74, 6) is 0.325. The van der Waals surface area contributed by atoms with Crippen LogP contribution in [0.4, 0.5) is 5.69 Å². The van der Waals surface area contributed by atoms with E-state index in [0.717, 1.165) is 68.2 Å². The Morgan fingerprint density at radius 1 is 0.961 bits per heavy atom. The summed E-state index contributed by atoms with van der Waals surface area (Å²) in [7, 11) is 0. The van der Waals surface area contributed by atoms with Crippen molar-refractivity contribution in [2.45, 2.75) is 84.0 Å². The van der Waals surface area contributed by atoms with Crippen LogP contribution in [0.2, 0.25) is 0 Å². The first-order valence-corrected chi connectivity index (χ1v) is 17.9. The number of carboxylic acid groups (broad SMARTS) is 1. The molecule has 12 heteroatoms. The number of guanidine groups is 1. The number of nitrogens with one attached hydrogen (secondary N) is 1. The second-order valence-electron chi connectivity index (χ2n) is 13.4. The monoisotopic (exact) mass is 693 g/mol. The third-order valence-electron chi connectivity index (χ3n) is 9.72. The van der Waals surface area contributed by atoms with Gasteiger partial charge in [-0.1, -0.05) is 25.3 Å². The Balaban J connectivity index is 1.27. The summed E-state index contributed by atoms with van der Waals surface area (Å²) < 4.78 is 8.22. The zero-order valence-electron chi connectivity index (χ0n) is 29.4. The molecule has 6 rings (SSSR count). The molecule has 2 fully saturated rings. The summed E-state index contributed by atoms with van der Waals surface area (Å²) in [6, 6.07) is 19.4. The van der Waals surface area contributed by atoms with Gasteiger partial charge in [0.05, 0.1) is 23.1 Å². The molecule has 12 nitrogen and oxygen atoms in total. The number of ether oxygens (including phenoxy) is 1. The summed E-state index contributed by atoms with van der Waals surface area (Å²) in [5.41, 5.74) is 9.71. The first-order chi connectivity index (χ1) is 24.7. The molecule has 1 saturated heterocycles. The number of carboxylic acids is 1. The maximum absolute atomic E-state index is 14.2. The average molecular weight is 694 g/mol. The summed E-state index contributed by atoms with van der Waals surface area (Å²) in [4.78, 5) is 52.1. The van der Waals surface area contributed by atoms with Gasteiger partial charge in [-0.3, -0.25) is 14.6 Å². The predicted octanol–water partition coefficient (Wildman–Crippen LogP) is 5.52. The number of hydrogen-bond acceptors (Lipinski definition) is 6. The molecule has 1 aliphatic carbocycles. The Kier molecular flexibility index (Phi) is 11.2. The number of aryl methyl sites for hydroxylation is 1. The molecule has 1 aromatic heterocycles. The van der Waals surface area contributed by atoms with Gasteiger partial charge in [-0.15, -0.1) is 0 Å². The summed E-state index contributed by atoms with van der Waals surface area (Å²) in [5, 5.41) is 12.6. The fourth-order valence-corrected chi connectivity index (χ4v) is 6.95. The lowest BCUT2D eigenvalue weighted by Gasteiger charge is -2.33. The van der Waals surface area contributed by atoms with E-state index in [-0.39, 0.29) is 42.6 Å². The van der Waals surface area contributed by atoms with E-state index in [0.29, 0.717) is 35.3 Å². The van der Waals surface area contributed by atoms with Crippen LogP contribution in [0.15, 0.2) is 71.7 Å². The van der Waals surface area contributed by atoms with Crippen molar-refractivity contribution in [2.24, 2.45) is 10.7 Å². The molecule has 51 heavy (non-hydrogen) atoms. The lowest BCUT2D eigenvalue weighted by Crippen LogP contribution is -2.45. The fourth-order valence-electron chi connectivity index (χ4n) is 6.95. The van der Waals surface area contributed by atoms with Crippen LogP contribution < -0.4 is 20.7 Å². The number of imidazole rings is 1. The van der Waals surface area contributed by atoms with Crippen molar-refractivity contribution >= 4 is 40.5 Å². The average Bonchev–Trinajstić information content (AvgIpc) is 3.46. The van der Waals surface area contributed by atoms with E-state index in [1.165, 1.54) is 30.7 Å². The molecule has 3 aromatic carbocycles. The van der Waals surface area contributed by atoms with Gasteiger partial charge in [-0.25, -0.2) is 9.78 Å². The highest BCUT2D eigenvalue weighted by atomic mass is 16.5. The molecule has 0 atom stereocenters. The first kappa shape index (κ1) is 35.4. The van der Waals surface area contributed by atoms with Gasteiger partial charge in [0, 0.05) is 49.8 Å².